The number of methoxy groups -OCH3 is 1. The molecule has 3 rings (SSSR count). The molecule has 3 aromatic carbocycles. The third-order valence-corrected chi connectivity index (χ3v) is 8.27. The zero-order valence-corrected chi connectivity index (χ0v) is 23.9. The predicted molar refractivity (Wildman–Crippen MR) is 150 cm³/mol. The number of likely N-dealkylation sites (N-methyl/N-ethyl adjacent to an activating group) is 1. The van der Waals surface area contributed by atoms with Gasteiger partial charge in [-0.15, -0.1) is 0 Å². The number of amides is 2. The third kappa shape index (κ3) is 7.17. The van der Waals surface area contributed by atoms with Crippen molar-refractivity contribution in [2.45, 2.75) is 37.8 Å². The minimum absolute atomic E-state index is 0.0945. The van der Waals surface area contributed by atoms with Crippen LogP contribution in [0.15, 0.2) is 71.6 Å². The summed E-state index contributed by atoms with van der Waals surface area (Å²) in [6, 6.07) is 13.8. The molecule has 11 nitrogen and oxygen atoms in total. The Labute approximate surface area is 237 Å². The van der Waals surface area contributed by atoms with Gasteiger partial charge in [0.2, 0.25) is 11.8 Å². The highest BCUT2D eigenvalue weighted by Crippen LogP contribution is 2.29. The van der Waals surface area contributed by atoms with Crippen LogP contribution in [0.3, 0.4) is 0 Å². The lowest BCUT2D eigenvalue weighted by atomic mass is 10.1. The maximum absolute atomic E-state index is 13.9. The molecule has 1 atom stereocenters. The molecule has 0 radical (unpaired) electrons. The van der Waals surface area contributed by atoms with Crippen LogP contribution in [-0.4, -0.2) is 56.8 Å². The molecule has 0 aromatic heterocycles. The SMILES string of the molecule is CC[C@@H](C(=O)NC)N(Cc1ccc(F)cc1)C(=O)CN(c1ccc(OC)cc1)S(=O)(=O)c1ccc(C)c([N+](=O)[O-])c1. The van der Waals surface area contributed by atoms with Crippen molar-refractivity contribution < 1.29 is 32.1 Å². The quantitative estimate of drug-likeness (QED) is 0.252. The first kappa shape index (κ1) is 31.0. The first-order chi connectivity index (χ1) is 19.4. The molecular formula is C28H31FN4O7S. The Morgan fingerprint density at radius 2 is 1.71 bits per heavy atom. The molecular weight excluding hydrogens is 555 g/mol. The normalized spacial score (nSPS) is 11.8. The third-order valence-electron chi connectivity index (χ3n) is 6.50. The summed E-state index contributed by atoms with van der Waals surface area (Å²) in [5.41, 5.74) is 0.491. The van der Waals surface area contributed by atoms with E-state index in [0.717, 1.165) is 10.4 Å². The van der Waals surface area contributed by atoms with Crippen molar-refractivity contribution in [2.75, 3.05) is 25.0 Å². The molecule has 2 amide bonds. The van der Waals surface area contributed by atoms with Gasteiger partial charge in [-0.05, 0) is 61.4 Å². The summed E-state index contributed by atoms with van der Waals surface area (Å²) in [6.45, 7) is 2.35. The largest absolute Gasteiger partial charge is 0.497 e. The monoisotopic (exact) mass is 586 g/mol. The van der Waals surface area contributed by atoms with E-state index in [4.69, 9.17) is 4.74 Å². The molecule has 3 aromatic rings. The Bertz CT molecular complexity index is 1510. The second kappa shape index (κ2) is 13.2. The summed E-state index contributed by atoms with van der Waals surface area (Å²) in [7, 11) is -1.66. The molecule has 0 aliphatic heterocycles. The van der Waals surface area contributed by atoms with Crippen molar-refractivity contribution in [3.63, 3.8) is 0 Å². The number of nitro groups is 1. The maximum Gasteiger partial charge on any atom is 0.273 e. The van der Waals surface area contributed by atoms with E-state index in [1.807, 2.05) is 0 Å². The van der Waals surface area contributed by atoms with E-state index in [2.05, 4.69) is 5.32 Å². The minimum Gasteiger partial charge on any atom is -0.497 e. The standard InChI is InChI=1S/C28H31FN4O7S/c1-5-25(28(35)30-3)31(17-20-7-9-21(29)10-8-20)27(34)18-32(22-11-13-23(40-4)14-12-22)41(38,39)24-15-6-19(2)26(16-24)33(36)37/h6-16,25H,5,17-18H2,1-4H3,(H,30,35)/t25-/m0/s1. The van der Waals surface area contributed by atoms with Crippen LogP contribution >= 0.6 is 0 Å². The van der Waals surface area contributed by atoms with Crippen molar-refractivity contribution in [3.8, 4) is 5.75 Å². The number of carbonyl (C=O) groups excluding carboxylic acids is 2. The van der Waals surface area contributed by atoms with Crippen molar-refractivity contribution in [3.05, 3.63) is 93.8 Å². The molecule has 218 valence electrons. The van der Waals surface area contributed by atoms with E-state index in [0.29, 0.717) is 11.3 Å². The van der Waals surface area contributed by atoms with Crippen LogP contribution in [0.1, 0.15) is 24.5 Å². The van der Waals surface area contributed by atoms with Crippen molar-refractivity contribution in [1.82, 2.24) is 10.2 Å². The topological polar surface area (TPSA) is 139 Å². The van der Waals surface area contributed by atoms with Crippen LogP contribution in [0.5, 0.6) is 5.75 Å². The van der Waals surface area contributed by atoms with Gasteiger partial charge in [0, 0.05) is 25.2 Å². The Kier molecular flexibility index (Phi) is 10.0. The smallest absolute Gasteiger partial charge is 0.273 e. The van der Waals surface area contributed by atoms with Gasteiger partial charge in [0.1, 0.15) is 24.2 Å². The van der Waals surface area contributed by atoms with Gasteiger partial charge < -0.3 is 15.0 Å². The number of benzene rings is 3. The van der Waals surface area contributed by atoms with Crippen LogP contribution < -0.4 is 14.4 Å². The summed E-state index contributed by atoms with van der Waals surface area (Å²) >= 11 is 0. The second-order valence-electron chi connectivity index (χ2n) is 9.10. The molecule has 0 aliphatic rings. The number of halogens is 1. The Balaban J connectivity index is 2.11. The lowest BCUT2D eigenvalue weighted by Gasteiger charge is -2.33. The average molecular weight is 587 g/mol. The van der Waals surface area contributed by atoms with Crippen molar-refractivity contribution in [2.24, 2.45) is 0 Å². The highest BCUT2D eigenvalue weighted by molar-refractivity contribution is 7.92. The second-order valence-corrected chi connectivity index (χ2v) is 11.0. The highest BCUT2D eigenvalue weighted by Gasteiger charge is 2.34. The van der Waals surface area contributed by atoms with Gasteiger partial charge >= 0.3 is 0 Å². The van der Waals surface area contributed by atoms with E-state index in [9.17, 15) is 32.5 Å². The van der Waals surface area contributed by atoms with Gasteiger partial charge in [0.05, 0.1) is 22.6 Å². The van der Waals surface area contributed by atoms with Crippen LogP contribution in [-0.2, 0) is 26.2 Å². The van der Waals surface area contributed by atoms with Crippen molar-refractivity contribution in [1.29, 1.82) is 0 Å². The Morgan fingerprint density at radius 1 is 1.07 bits per heavy atom. The molecule has 0 bridgehead atoms. The van der Waals surface area contributed by atoms with E-state index < -0.39 is 50.9 Å². The van der Waals surface area contributed by atoms with Gasteiger partial charge in [0.25, 0.3) is 15.7 Å². The highest BCUT2D eigenvalue weighted by atomic mass is 32.2. The number of aryl methyl sites for hydroxylation is 1. The van der Waals surface area contributed by atoms with Crippen LogP contribution in [0, 0.1) is 22.9 Å². The molecule has 41 heavy (non-hydrogen) atoms. The number of ether oxygens (including phenoxy) is 1. The van der Waals surface area contributed by atoms with Gasteiger partial charge in [-0.1, -0.05) is 25.1 Å². The van der Waals surface area contributed by atoms with Crippen LogP contribution in [0.4, 0.5) is 15.8 Å². The van der Waals surface area contributed by atoms with Gasteiger partial charge in [-0.3, -0.25) is 24.0 Å². The lowest BCUT2D eigenvalue weighted by molar-refractivity contribution is -0.385. The minimum atomic E-state index is -4.52. The summed E-state index contributed by atoms with van der Waals surface area (Å²) in [5.74, 6) is -1.22. The number of sulfonamides is 1. The van der Waals surface area contributed by atoms with Crippen molar-refractivity contribution >= 4 is 33.2 Å². The number of nitrogens with zero attached hydrogens (tertiary/aromatic N) is 3. The maximum atomic E-state index is 13.9. The summed E-state index contributed by atoms with van der Waals surface area (Å²) < 4.78 is 47.4. The van der Waals surface area contributed by atoms with E-state index in [1.165, 1.54) is 86.6 Å². The summed E-state index contributed by atoms with van der Waals surface area (Å²) in [6.07, 6.45) is 0.214. The Hall–Kier alpha value is -4.52. The zero-order valence-electron chi connectivity index (χ0n) is 23.0. The molecule has 0 aliphatic carbocycles. The fourth-order valence-electron chi connectivity index (χ4n) is 4.22. The van der Waals surface area contributed by atoms with Gasteiger partial charge in [0.15, 0.2) is 0 Å². The predicted octanol–water partition coefficient (Wildman–Crippen LogP) is 3.80. The first-order valence-corrected chi connectivity index (χ1v) is 14.0. The fourth-order valence-corrected chi connectivity index (χ4v) is 5.66. The molecule has 0 unspecified atom stereocenters. The average Bonchev–Trinajstić information content (AvgIpc) is 2.96. The Morgan fingerprint density at radius 3 is 2.24 bits per heavy atom. The number of nitro benzene ring substituents is 1. The van der Waals surface area contributed by atoms with E-state index in [1.54, 1.807) is 6.92 Å². The number of anilines is 1. The van der Waals surface area contributed by atoms with E-state index >= 15 is 0 Å². The van der Waals surface area contributed by atoms with Gasteiger partial charge in [-0.25, -0.2) is 12.8 Å². The fraction of sp³-hybridized carbons (Fsp3) is 0.286. The zero-order chi connectivity index (χ0) is 30.3. The molecule has 1 N–H and O–H groups in total. The molecule has 0 saturated heterocycles. The molecule has 0 saturated carbocycles. The summed E-state index contributed by atoms with van der Waals surface area (Å²) in [5, 5.41) is 14.1. The number of hydrogen-bond acceptors (Lipinski definition) is 7. The van der Waals surface area contributed by atoms with E-state index in [-0.39, 0.29) is 29.1 Å². The number of hydrogen-bond donors (Lipinski definition) is 1. The number of carbonyl (C=O) groups is 2. The molecule has 0 heterocycles. The molecule has 0 spiro atoms. The summed E-state index contributed by atoms with van der Waals surface area (Å²) in [4.78, 5) is 38.3. The number of nitrogens with one attached hydrogen (secondary N) is 1. The first-order valence-electron chi connectivity index (χ1n) is 12.6. The lowest BCUT2D eigenvalue weighted by Crippen LogP contribution is -2.51. The molecule has 0 fully saturated rings. The van der Waals surface area contributed by atoms with Crippen LogP contribution in [0.25, 0.3) is 0 Å². The van der Waals surface area contributed by atoms with Gasteiger partial charge in [-0.2, -0.15) is 0 Å². The molecule has 13 heteroatoms. The van der Waals surface area contributed by atoms with Crippen LogP contribution in [0.2, 0.25) is 0 Å². The number of rotatable bonds is 12.